The molecule has 0 bridgehead atoms. The fourth-order valence-electron chi connectivity index (χ4n) is 5.68. The van der Waals surface area contributed by atoms with Crippen LogP contribution in [0.25, 0.3) is 10.8 Å². The largest absolute Gasteiger partial charge is 0.464 e. The Morgan fingerprint density at radius 1 is 0.956 bits per heavy atom. The Morgan fingerprint density at radius 2 is 1.76 bits per heavy atom. The predicted octanol–water partition coefficient (Wildman–Crippen LogP) is 5.41. The molecule has 2 saturated heterocycles. The molecule has 1 aromatic heterocycles. The highest BCUT2D eigenvalue weighted by molar-refractivity contribution is 8.00. The van der Waals surface area contributed by atoms with E-state index in [-0.39, 0.29) is 46.3 Å². The van der Waals surface area contributed by atoms with Crippen molar-refractivity contribution in [3.8, 4) is 5.95 Å². The van der Waals surface area contributed by atoms with Crippen molar-refractivity contribution in [2.45, 2.75) is 75.1 Å². The number of urea groups is 1. The number of nitrogens with one attached hydrogen (secondary N) is 4. The number of thioether (sulfide) groups is 1. The monoisotopic (exact) mass is 654 g/mol. The first-order valence-electron chi connectivity index (χ1n) is 15.6. The van der Waals surface area contributed by atoms with Crippen LogP contribution in [0.2, 0.25) is 5.02 Å². The number of hydrogen-bond donors (Lipinski definition) is 4. The van der Waals surface area contributed by atoms with Crippen molar-refractivity contribution in [1.29, 1.82) is 0 Å². The van der Waals surface area contributed by atoms with E-state index in [0.717, 1.165) is 43.4 Å². The molecule has 12 heteroatoms. The van der Waals surface area contributed by atoms with Crippen LogP contribution in [-0.2, 0) is 16.0 Å². The van der Waals surface area contributed by atoms with Crippen LogP contribution in [0.5, 0.6) is 5.95 Å². The van der Waals surface area contributed by atoms with Gasteiger partial charge in [0.25, 0.3) is 0 Å². The van der Waals surface area contributed by atoms with Crippen LogP contribution in [0.1, 0.15) is 56.9 Å². The zero-order valence-corrected chi connectivity index (χ0v) is 26.6. The normalized spacial score (nSPS) is 18.7. The van der Waals surface area contributed by atoms with Crippen LogP contribution in [0, 0.1) is 0 Å². The lowest BCUT2D eigenvalue weighted by molar-refractivity contribution is -0.121. The molecule has 10 nitrogen and oxygen atoms in total. The molecule has 4 amide bonds. The molecule has 4 N–H and O–H groups in total. The van der Waals surface area contributed by atoms with Crippen molar-refractivity contribution >= 4 is 57.7 Å². The topological polar surface area (TPSA) is 139 Å². The molecule has 2 aliphatic heterocycles. The summed E-state index contributed by atoms with van der Waals surface area (Å²) in [6, 6.07) is 15.1. The fraction of sp³-hybridized carbons (Fsp3) is 0.455. The summed E-state index contributed by atoms with van der Waals surface area (Å²) in [6.45, 7) is 0.890. The van der Waals surface area contributed by atoms with Crippen molar-refractivity contribution < 1.29 is 23.5 Å². The van der Waals surface area contributed by atoms with E-state index in [2.05, 4.69) is 21.3 Å². The van der Waals surface area contributed by atoms with Crippen LogP contribution >= 0.6 is 23.4 Å². The SMILES string of the molecule is O=C(CCCC[C@@H]1SC[C@@H]2NC(=O)N[C@@H]21)NCCCCCC(=O)Nc1ccc2c(Cl)c(OCCc3ccccc3)oc(=O)c2c1. The molecule has 3 aromatic rings. The number of carbonyl (C=O) groups excluding carboxylic acids is 3. The quantitative estimate of drug-likeness (QED) is 0.120. The summed E-state index contributed by atoms with van der Waals surface area (Å²) in [7, 11) is 0. The van der Waals surface area contributed by atoms with E-state index >= 15 is 0 Å². The Bertz CT molecular complexity index is 1550. The first-order valence-corrected chi connectivity index (χ1v) is 17.0. The Morgan fingerprint density at radius 3 is 2.60 bits per heavy atom. The first-order chi connectivity index (χ1) is 21.9. The van der Waals surface area contributed by atoms with Gasteiger partial charge in [0.1, 0.15) is 5.02 Å². The zero-order chi connectivity index (χ0) is 31.6. The highest BCUT2D eigenvalue weighted by atomic mass is 35.5. The number of rotatable bonds is 16. The van der Waals surface area contributed by atoms with E-state index in [0.29, 0.717) is 55.2 Å². The average molecular weight is 655 g/mol. The lowest BCUT2D eigenvalue weighted by atomic mass is 10.0. The van der Waals surface area contributed by atoms with Crippen molar-refractivity contribution in [2.24, 2.45) is 0 Å². The Kier molecular flexibility index (Phi) is 11.6. The maximum Gasteiger partial charge on any atom is 0.346 e. The van der Waals surface area contributed by atoms with Crippen molar-refractivity contribution in [2.75, 3.05) is 24.2 Å². The van der Waals surface area contributed by atoms with E-state index in [9.17, 15) is 19.2 Å². The summed E-state index contributed by atoms with van der Waals surface area (Å²) in [5, 5.41) is 13.1. The van der Waals surface area contributed by atoms with Crippen LogP contribution in [0.4, 0.5) is 10.5 Å². The molecule has 2 aromatic carbocycles. The maximum atomic E-state index is 12.7. The van der Waals surface area contributed by atoms with Gasteiger partial charge in [-0.3, -0.25) is 9.59 Å². The van der Waals surface area contributed by atoms with E-state index in [1.807, 2.05) is 42.1 Å². The van der Waals surface area contributed by atoms with Gasteiger partial charge < -0.3 is 30.4 Å². The van der Waals surface area contributed by atoms with Gasteiger partial charge in [0.15, 0.2) is 0 Å². The lowest BCUT2D eigenvalue weighted by Crippen LogP contribution is -2.36. The van der Waals surface area contributed by atoms with Crippen LogP contribution in [0.15, 0.2) is 57.7 Å². The Labute approximate surface area is 271 Å². The lowest BCUT2D eigenvalue weighted by Gasteiger charge is -2.16. The Hall–Kier alpha value is -3.70. The predicted molar refractivity (Wildman–Crippen MR) is 177 cm³/mol. The molecule has 3 atom stereocenters. The van der Waals surface area contributed by atoms with E-state index in [1.165, 1.54) is 0 Å². The number of fused-ring (bicyclic) bond motifs is 2. The number of anilines is 1. The fourth-order valence-corrected chi connectivity index (χ4v) is 7.48. The number of ether oxygens (including phenoxy) is 1. The van der Waals surface area contributed by atoms with Crippen LogP contribution in [0.3, 0.4) is 0 Å². The van der Waals surface area contributed by atoms with Gasteiger partial charge >= 0.3 is 17.6 Å². The summed E-state index contributed by atoms with van der Waals surface area (Å²) < 4.78 is 11.0. The zero-order valence-electron chi connectivity index (χ0n) is 25.1. The molecule has 0 spiro atoms. The number of halogens is 1. The van der Waals surface area contributed by atoms with Gasteiger partial charge in [-0.15, -0.1) is 0 Å². The van der Waals surface area contributed by atoms with E-state index in [1.54, 1.807) is 18.2 Å². The summed E-state index contributed by atoms with van der Waals surface area (Å²) in [4.78, 5) is 48.8. The summed E-state index contributed by atoms with van der Waals surface area (Å²) in [5.74, 6) is 0.816. The number of amides is 4. The second-order valence-electron chi connectivity index (χ2n) is 11.4. The second-order valence-corrected chi connectivity index (χ2v) is 13.1. The standard InChI is InChI=1S/C33H39ClN4O6S/c34-29-23-15-14-22(19-24(23)31(41)44-32(29)43-18-16-21-9-3-1-4-10-21)36-28(40)13-5-2-8-17-35-27(39)12-7-6-11-26-30-25(20-45-26)37-33(42)38-30/h1,3-4,9-10,14-15,19,25-26,30H,2,5-8,11-13,16-18,20H2,(H,35,39)(H,36,40)(H2,37,38,42)/t25-,26-,30-/m0/s1. The molecule has 0 aliphatic carbocycles. The van der Waals surface area contributed by atoms with Gasteiger partial charge in [-0.25, -0.2) is 9.59 Å². The van der Waals surface area contributed by atoms with E-state index < -0.39 is 5.63 Å². The highest BCUT2D eigenvalue weighted by Crippen LogP contribution is 2.34. The number of hydrogen-bond acceptors (Lipinski definition) is 7. The van der Waals surface area contributed by atoms with Gasteiger partial charge in [-0.05, 0) is 43.4 Å². The van der Waals surface area contributed by atoms with Gasteiger partial charge in [0.05, 0.1) is 24.1 Å². The molecule has 3 heterocycles. The summed E-state index contributed by atoms with van der Waals surface area (Å²) in [5.41, 5.74) is 0.987. The smallest absolute Gasteiger partial charge is 0.346 e. The third-order valence-corrected chi connectivity index (χ3v) is 9.94. The average Bonchev–Trinajstić information content (AvgIpc) is 3.59. The second kappa shape index (κ2) is 16.0. The number of benzene rings is 2. The molecular weight excluding hydrogens is 616 g/mol. The van der Waals surface area contributed by atoms with Crippen molar-refractivity contribution in [3.05, 3.63) is 69.5 Å². The maximum absolute atomic E-state index is 12.7. The van der Waals surface area contributed by atoms with Crippen LogP contribution in [-0.4, -0.2) is 54.1 Å². The van der Waals surface area contributed by atoms with Crippen LogP contribution < -0.4 is 31.6 Å². The van der Waals surface area contributed by atoms with Crippen molar-refractivity contribution in [1.82, 2.24) is 16.0 Å². The molecular formula is C33H39ClN4O6S. The third-order valence-electron chi connectivity index (χ3n) is 8.07. The minimum absolute atomic E-state index is 0.0196. The molecule has 240 valence electrons. The first kappa shape index (κ1) is 32.7. The molecule has 45 heavy (non-hydrogen) atoms. The minimum atomic E-state index is -0.593. The van der Waals surface area contributed by atoms with E-state index in [4.69, 9.17) is 20.8 Å². The van der Waals surface area contributed by atoms with Gasteiger partial charge in [-0.1, -0.05) is 60.8 Å². The molecule has 0 unspecified atom stereocenters. The molecule has 0 saturated carbocycles. The highest BCUT2D eigenvalue weighted by Gasteiger charge is 2.42. The summed E-state index contributed by atoms with van der Waals surface area (Å²) >= 11 is 8.36. The summed E-state index contributed by atoms with van der Waals surface area (Å²) in [6.07, 6.45) is 6.52. The third kappa shape index (κ3) is 9.17. The minimum Gasteiger partial charge on any atom is -0.464 e. The molecule has 2 fully saturated rings. The number of unbranched alkanes of at least 4 members (excludes halogenated alkanes) is 3. The van der Waals surface area contributed by atoms with Gasteiger partial charge in [0, 0.05) is 47.9 Å². The van der Waals surface area contributed by atoms with Crippen molar-refractivity contribution in [3.63, 3.8) is 0 Å². The Balaban J connectivity index is 0.950. The molecule has 5 rings (SSSR count). The molecule has 0 radical (unpaired) electrons. The van der Waals surface area contributed by atoms with Gasteiger partial charge in [0.2, 0.25) is 11.8 Å². The number of carbonyl (C=O) groups is 3. The molecule has 2 aliphatic rings. The van der Waals surface area contributed by atoms with Gasteiger partial charge in [-0.2, -0.15) is 11.8 Å².